The van der Waals surface area contributed by atoms with E-state index in [0.717, 1.165) is 72.0 Å². The molecule has 3 heterocycles. The highest BCUT2D eigenvalue weighted by atomic mass is 79.9. The van der Waals surface area contributed by atoms with E-state index in [1.54, 1.807) is 0 Å². The third-order valence-electron chi connectivity index (χ3n) is 19.9. The second-order valence-electron chi connectivity index (χ2n) is 26.8. The number of aromatic nitrogens is 3. The lowest BCUT2D eigenvalue weighted by molar-refractivity contribution is 1.17. The van der Waals surface area contributed by atoms with Crippen molar-refractivity contribution in [3.05, 3.63) is 449 Å². The highest BCUT2D eigenvalue weighted by Gasteiger charge is 2.21. The summed E-state index contributed by atoms with van der Waals surface area (Å²) in [5.41, 5.74) is 24.8. The lowest BCUT2D eigenvalue weighted by atomic mass is 10.0. The van der Waals surface area contributed by atoms with Crippen LogP contribution < -0.4 is 9.80 Å². The number of nitrogens with zero attached hydrogens (tertiary/aromatic N) is 5. The van der Waals surface area contributed by atoms with E-state index in [0.29, 0.717) is 0 Å². The highest BCUT2D eigenvalue weighted by molar-refractivity contribution is 9.10. The van der Waals surface area contributed by atoms with Gasteiger partial charge in [-0.1, -0.05) is 287 Å². The van der Waals surface area contributed by atoms with Crippen molar-refractivity contribution in [2.45, 2.75) is 6.42 Å². The van der Waals surface area contributed by atoms with Crippen LogP contribution in [0.4, 0.5) is 34.1 Å². The second-order valence-corrected chi connectivity index (χ2v) is 28.6. The molecule has 16 aromatic carbocycles. The number of benzene rings is 16. The quantitative estimate of drug-likeness (QED) is 0.0954. The van der Waals surface area contributed by atoms with Gasteiger partial charge < -0.3 is 23.5 Å². The number of halogens is 2. The van der Waals surface area contributed by atoms with Gasteiger partial charge in [0.05, 0.1) is 33.1 Å². The van der Waals surface area contributed by atoms with Gasteiger partial charge in [0.25, 0.3) is 0 Å². The first-order chi connectivity index (χ1) is 53.4. The minimum Gasteiger partial charge on any atom is -0.310 e. The van der Waals surface area contributed by atoms with Crippen LogP contribution in [0.15, 0.2) is 415 Å². The largest absolute Gasteiger partial charge is 0.310 e. The van der Waals surface area contributed by atoms with Crippen LogP contribution in [0.5, 0.6) is 0 Å². The molecule has 0 saturated heterocycles. The minimum atomic E-state index is 0.960. The molecule has 0 radical (unpaired) electrons. The van der Waals surface area contributed by atoms with E-state index >= 15 is 0 Å². The molecule has 19 rings (SSSR count). The van der Waals surface area contributed by atoms with Crippen molar-refractivity contribution >= 4 is 156 Å². The molecule has 0 aliphatic heterocycles. The van der Waals surface area contributed by atoms with Crippen LogP contribution in [-0.4, -0.2) is 13.7 Å². The molecule has 19 aromatic rings. The van der Waals surface area contributed by atoms with Gasteiger partial charge in [0, 0.05) is 92.4 Å². The van der Waals surface area contributed by atoms with Crippen LogP contribution >= 0.6 is 31.9 Å². The molecule has 0 spiro atoms. The molecule has 0 bridgehead atoms. The zero-order valence-corrected chi connectivity index (χ0v) is 62.4. The Balaban J connectivity index is 0.000000164. The SMILES string of the molecule is Brc1ccc(/C=C/c2ccc(Br)cc2)cc1.C(=C\c1ccc(N(c2ccccc2)c2ccc3c(c2)c2ccccc2n3-c2ccccc2)cc1)/c1ccc(N(c2ccccc2)c2ccc3c(c2)c2ccccc2n3-c2ccccc2)cc1.c1ccc(Cc2ccc3c(c2)c2ccccc2n3-c2ccccc2)cc1. The van der Waals surface area contributed by atoms with Crippen molar-refractivity contribution in [1.29, 1.82) is 0 Å². The molecule has 5 nitrogen and oxygen atoms in total. The van der Waals surface area contributed by atoms with E-state index in [9.17, 15) is 0 Å². The molecule has 7 heteroatoms. The zero-order valence-electron chi connectivity index (χ0n) is 59.2. The fourth-order valence-electron chi connectivity index (χ4n) is 14.8. The number of hydrogen-bond acceptors (Lipinski definition) is 2. The Morgan fingerprint density at radius 1 is 0.204 bits per heavy atom. The zero-order chi connectivity index (χ0) is 72.5. The number of para-hydroxylation sites is 8. The molecular formula is C101H73Br2N5. The summed E-state index contributed by atoms with van der Waals surface area (Å²) in [4.78, 5) is 4.69. The number of fused-ring (bicyclic) bond motifs is 9. The number of anilines is 6. The summed E-state index contributed by atoms with van der Waals surface area (Å²) in [6.07, 6.45) is 9.57. The van der Waals surface area contributed by atoms with Crippen LogP contribution in [0.2, 0.25) is 0 Å². The standard InChI is InChI=1S/C62H44N4.C25H19N.C14H10Br2/c1-5-17-47(18-6-1)63(53-39-41-61-57(43-53)55-25-13-15-27-59(55)65(61)49-21-9-3-10-22-49)51-35-31-45(32-36-51)29-30-46-33-37-52(38-34-46)64(48-19-7-2-8-20-48)54-40-42-62-58(44-54)56-26-14-16-28-60(56)66(62)50-23-11-4-12-24-50;1-3-9-19(10-4-1)17-20-15-16-25-23(18-20)22-13-7-8-14-24(22)26(25)21-11-5-2-6-12-21;15-13-7-3-11(4-8-13)1-2-12-5-9-14(16)10-6-12/h1-44H;1-16,18H,17H2;1-10H/b30-29+;;2-1+. The maximum absolute atomic E-state index is 3.42. The van der Waals surface area contributed by atoms with Gasteiger partial charge >= 0.3 is 0 Å². The molecule has 0 aliphatic carbocycles. The maximum atomic E-state index is 3.42. The first kappa shape index (κ1) is 68.1. The molecule has 516 valence electrons. The van der Waals surface area contributed by atoms with Crippen molar-refractivity contribution in [2.24, 2.45) is 0 Å². The Hall–Kier alpha value is -13.0. The van der Waals surface area contributed by atoms with Crippen molar-refractivity contribution in [3.63, 3.8) is 0 Å². The molecule has 108 heavy (non-hydrogen) atoms. The summed E-state index contributed by atoms with van der Waals surface area (Å²) in [5, 5.41) is 7.53. The topological polar surface area (TPSA) is 21.3 Å². The third kappa shape index (κ3) is 14.5. The van der Waals surface area contributed by atoms with Gasteiger partial charge in [-0.2, -0.15) is 0 Å². The summed E-state index contributed by atoms with van der Waals surface area (Å²) in [6, 6.07) is 145. The molecule has 0 amide bonds. The second kappa shape index (κ2) is 31.3. The van der Waals surface area contributed by atoms with Crippen molar-refractivity contribution < 1.29 is 0 Å². The number of hydrogen-bond donors (Lipinski definition) is 0. The van der Waals surface area contributed by atoms with E-state index in [1.165, 1.54) is 93.4 Å². The first-order valence-corrected chi connectivity index (χ1v) is 38.0. The molecule has 0 saturated carbocycles. The van der Waals surface area contributed by atoms with Crippen LogP contribution in [0.25, 0.3) is 107 Å². The lowest BCUT2D eigenvalue weighted by Crippen LogP contribution is -2.09. The van der Waals surface area contributed by atoms with Crippen LogP contribution in [-0.2, 0) is 6.42 Å². The van der Waals surface area contributed by atoms with Gasteiger partial charge in [0.1, 0.15) is 0 Å². The normalized spacial score (nSPS) is 11.4. The van der Waals surface area contributed by atoms with Gasteiger partial charge in [0.15, 0.2) is 0 Å². The van der Waals surface area contributed by atoms with E-state index in [-0.39, 0.29) is 0 Å². The monoisotopic (exact) mass is 1510 g/mol. The Labute approximate surface area is 646 Å². The van der Waals surface area contributed by atoms with Gasteiger partial charge in [-0.05, 0) is 216 Å². The molecule has 0 N–H and O–H groups in total. The molecule has 0 fully saturated rings. The van der Waals surface area contributed by atoms with E-state index in [1.807, 2.05) is 24.3 Å². The van der Waals surface area contributed by atoms with Crippen molar-refractivity contribution in [3.8, 4) is 17.1 Å². The fraction of sp³-hybridized carbons (Fsp3) is 0.00990. The van der Waals surface area contributed by atoms with Gasteiger partial charge in [-0.25, -0.2) is 0 Å². The third-order valence-corrected chi connectivity index (χ3v) is 20.9. The predicted molar refractivity (Wildman–Crippen MR) is 467 cm³/mol. The summed E-state index contributed by atoms with van der Waals surface area (Å²) in [7, 11) is 0. The average molecular weight is 1520 g/mol. The van der Waals surface area contributed by atoms with E-state index < -0.39 is 0 Å². The minimum absolute atomic E-state index is 0.960. The summed E-state index contributed by atoms with van der Waals surface area (Å²) in [6.45, 7) is 0. The highest BCUT2D eigenvalue weighted by Crippen LogP contribution is 2.43. The number of rotatable bonds is 15. The van der Waals surface area contributed by atoms with Gasteiger partial charge in [-0.15, -0.1) is 0 Å². The van der Waals surface area contributed by atoms with Gasteiger partial charge in [-0.3, -0.25) is 0 Å². The Morgan fingerprint density at radius 2 is 0.463 bits per heavy atom. The maximum Gasteiger partial charge on any atom is 0.0542 e. The smallest absolute Gasteiger partial charge is 0.0542 e. The van der Waals surface area contributed by atoms with E-state index in [4.69, 9.17) is 0 Å². The Kier molecular flexibility index (Phi) is 19.8. The first-order valence-electron chi connectivity index (χ1n) is 36.5. The van der Waals surface area contributed by atoms with Crippen molar-refractivity contribution in [1.82, 2.24) is 13.7 Å². The van der Waals surface area contributed by atoms with Crippen molar-refractivity contribution in [2.75, 3.05) is 9.80 Å². The fourth-order valence-corrected chi connectivity index (χ4v) is 15.3. The summed E-state index contributed by atoms with van der Waals surface area (Å²) < 4.78 is 9.29. The Bertz CT molecular complexity index is 6060. The molecule has 0 aliphatic rings. The van der Waals surface area contributed by atoms with Crippen LogP contribution in [0, 0.1) is 0 Å². The lowest BCUT2D eigenvalue weighted by Gasteiger charge is -2.26. The molecule has 3 aromatic heterocycles. The van der Waals surface area contributed by atoms with E-state index in [2.05, 4.69) is 462 Å². The molecular weight excluding hydrogens is 1440 g/mol. The predicted octanol–water partition coefficient (Wildman–Crippen LogP) is 28.7. The summed E-state index contributed by atoms with van der Waals surface area (Å²) >= 11 is 6.84. The summed E-state index contributed by atoms with van der Waals surface area (Å²) in [5.74, 6) is 0. The van der Waals surface area contributed by atoms with Gasteiger partial charge in [0.2, 0.25) is 0 Å². The molecule has 0 atom stereocenters. The Morgan fingerprint density at radius 3 is 0.815 bits per heavy atom. The van der Waals surface area contributed by atoms with Crippen LogP contribution in [0.1, 0.15) is 33.4 Å². The van der Waals surface area contributed by atoms with Crippen LogP contribution in [0.3, 0.4) is 0 Å². The average Bonchev–Trinajstić information content (AvgIpc) is 1.60. The molecule has 0 unspecified atom stereocenters.